The number of benzene rings is 1. The molecule has 1 aromatic heterocycles. The average Bonchev–Trinajstić information content (AvgIpc) is 2.64. The normalized spacial score (nSPS) is 19.7. The Labute approximate surface area is 124 Å². The van der Waals surface area contributed by atoms with Gasteiger partial charge in [-0.3, -0.25) is 0 Å². The summed E-state index contributed by atoms with van der Waals surface area (Å²) >= 11 is 0. The van der Waals surface area contributed by atoms with Crippen LogP contribution in [-0.2, 0) is 0 Å². The summed E-state index contributed by atoms with van der Waals surface area (Å²) in [6.07, 6.45) is 0. The van der Waals surface area contributed by atoms with E-state index in [0.29, 0.717) is 17.1 Å². The maximum atomic E-state index is 12.0. The van der Waals surface area contributed by atoms with Gasteiger partial charge >= 0.3 is 5.63 Å². The number of rotatable bonds is 0. The van der Waals surface area contributed by atoms with Crippen LogP contribution in [0.25, 0.3) is 11.0 Å². The van der Waals surface area contributed by atoms with Gasteiger partial charge in [-0.25, -0.2) is 4.79 Å². The monoisotopic (exact) mass is 286 g/mol. The van der Waals surface area contributed by atoms with Crippen molar-refractivity contribution in [2.45, 2.75) is 60.0 Å². The second kappa shape index (κ2) is 4.12. The Balaban J connectivity index is 2.54. The number of fused-ring (bicyclic) bond motifs is 2. The van der Waals surface area contributed by atoms with E-state index in [1.807, 2.05) is 20.8 Å². The van der Waals surface area contributed by atoms with Gasteiger partial charge in [0.25, 0.3) is 0 Å². The van der Waals surface area contributed by atoms with Gasteiger partial charge < -0.3 is 9.15 Å². The molecular weight excluding hydrogens is 264 g/mol. The van der Waals surface area contributed by atoms with Crippen LogP contribution in [0, 0.1) is 27.7 Å². The van der Waals surface area contributed by atoms with Crippen LogP contribution in [0.15, 0.2) is 9.21 Å². The molecule has 0 amide bonds. The van der Waals surface area contributed by atoms with Crippen LogP contribution in [-0.4, -0.2) is 5.60 Å². The van der Waals surface area contributed by atoms with Crippen molar-refractivity contribution in [3.8, 4) is 5.75 Å². The summed E-state index contributed by atoms with van der Waals surface area (Å²) in [5.74, 6) is 1.20. The minimum Gasteiger partial charge on any atom is -0.487 e. The summed E-state index contributed by atoms with van der Waals surface area (Å²) in [6.45, 7) is 14.3. The number of hydrogen-bond acceptors (Lipinski definition) is 3. The fourth-order valence-electron chi connectivity index (χ4n) is 3.41. The fraction of sp³-hybridized carbons (Fsp3) is 0.500. The Kier molecular flexibility index (Phi) is 2.78. The zero-order valence-corrected chi connectivity index (χ0v) is 13.8. The molecule has 0 radical (unpaired) electrons. The number of hydrogen-bond donors (Lipinski definition) is 0. The van der Waals surface area contributed by atoms with Crippen molar-refractivity contribution >= 4 is 11.0 Å². The minimum atomic E-state index is -0.257. The molecule has 1 aromatic carbocycles. The highest BCUT2D eigenvalue weighted by Gasteiger charge is 2.41. The predicted octanol–water partition coefficient (Wildman–Crippen LogP) is 4.30. The molecule has 1 aliphatic rings. The zero-order valence-electron chi connectivity index (χ0n) is 13.8. The molecule has 3 nitrogen and oxygen atoms in total. The Morgan fingerprint density at radius 3 is 2.19 bits per heavy atom. The van der Waals surface area contributed by atoms with Crippen molar-refractivity contribution in [2.24, 2.45) is 0 Å². The summed E-state index contributed by atoms with van der Waals surface area (Å²) in [5.41, 5.74) is 5.24. The smallest absolute Gasteiger partial charge is 0.339 e. The van der Waals surface area contributed by atoms with Gasteiger partial charge in [-0.1, -0.05) is 6.92 Å². The molecule has 0 aliphatic carbocycles. The van der Waals surface area contributed by atoms with Crippen LogP contribution in [0.1, 0.15) is 54.5 Å². The van der Waals surface area contributed by atoms with Crippen molar-refractivity contribution < 1.29 is 9.15 Å². The third-order valence-corrected chi connectivity index (χ3v) is 5.21. The Morgan fingerprint density at radius 1 is 0.952 bits per heavy atom. The number of aryl methyl sites for hydroxylation is 3. The van der Waals surface area contributed by atoms with Crippen molar-refractivity contribution in [3.05, 3.63) is 38.2 Å². The lowest BCUT2D eigenvalue weighted by Gasteiger charge is -2.23. The zero-order chi connectivity index (χ0) is 15.7. The van der Waals surface area contributed by atoms with Crippen molar-refractivity contribution in [3.63, 3.8) is 0 Å². The van der Waals surface area contributed by atoms with Crippen LogP contribution in [0.5, 0.6) is 5.75 Å². The first-order chi connectivity index (χ1) is 9.66. The van der Waals surface area contributed by atoms with Crippen LogP contribution < -0.4 is 10.4 Å². The molecule has 1 aliphatic heterocycles. The van der Waals surface area contributed by atoms with Crippen molar-refractivity contribution in [2.75, 3.05) is 0 Å². The molecule has 0 N–H and O–H groups in total. The Hall–Kier alpha value is -1.77. The van der Waals surface area contributed by atoms with E-state index in [4.69, 9.17) is 9.15 Å². The quantitative estimate of drug-likeness (QED) is 0.678. The van der Waals surface area contributed by atoms with Crippen LogP contribution in [0.4, 0.5) is 0 Å². The third kappa shape index (κ3) is 1.69. The second-order valence-electron chi connectivity index (χ2n) is 6.76. The van der Waals surface area contributed by atoms with E-state index >= 15 is 0 Å². The molecular formula is C18H22O3. The van der Waals surface area contributed by atoms with E-state index in [1.165, 1.54) is 11.1 Å². The molecule has 3 heteroatoms. The molecule has 0 saturated carbocycles. The summed E-state index contributed by atoms with van der Waals surface area (Å²) in [7, 11) is 0. The molecule has 0 bridgehead atoms. The lowest BCUT2D eigenvalue weighted by atomic mass is 9.84. The van der Waals surface area contributed by atoms with Gasteiger partial charge in [0.15, 0.2) is 0 Å². The molecule has 1 atom stereocenters. The maximum absolute atomic E-state index is 12.0. The van der Waals surface area contributed by atoms with E-state index in [1.54, 1.807) is 0 Å². The summed E-state index contributed by atoms with van der Waals surface area (Å²) < 4.78 is 11.8. The highest BCUT2D eigenvalue weighted by molar-refractivity contribution is 5.91. The van der Waals surface area contributed by atoms with Crippen LogP contribution in [0.2, 0.25) is 0 Å². The highest BCUT2D eigenvalue weighted by atomic mass is 16.5. The van der Waals surface area contributed by atoms with E-state index < -0.39 is 0 Å². The van der Waals surface area contributed by atoms with Crippen LogP contribution in [0.3, 0.4) is 0 Å². The Morgan fingerprint density at radius 2 is 1.57 bits per heavy atom. The van der Waals surface area contributed by atoms with E-state index in [2.05, 4.69) is 27.7 Å². The first-order valence-corrected chi connectivity index (χ1v) is 7.43. The lowest BCUT2D eigenvalue weighted by molar-refractivity contribution is 0.115. The largest absolute Gasteiger partial charge is 0.487 e. The topological polar surface area (TPSA) is 39.4 Å². The molecule has 1 unspecified atom stereocenters. The minimum absolute atomic E-state index is 0.238. The second-order valence-corrected chi connectivity index (χ2v) is 6.76. The summed E-state index contributed by atoms with van der Waals surface area (Å²) in [6, 6.07) is 0. The summed E-state index contributed by atoms with van der Waals surface area (Å²) in [4.78, 5) is 12.0. The van der Waals surface area contributed by atoms with E-state index in [9.17, 15) is 4.79 Å². The van der Waals surface area contributed by atoms with Gasteiger partial charge in [0, 0.05) is 28.0 Å². The maximum Gasteiger partial charge on any atom is 0.339 e. The molecule has 0 spiro atoms. The van der Waals surface area contributed by atoms with Gasteiger partial charge in [-0.15, -0.1) is 0 Å². The lowest BCUT2D eigenvalue weighted by Crippen LogP contribution is -2.28. The van der Waals surface area contributed by atoms with E-state index in [0.717, 1.165) is 22.3 Å². The van der Waals surface area contributed by atoms with Crippen molar-refractivity contribution in [1.29, 1.82) is 0 Å². The molecule has 0 saturated heterocycles. The number of ether oxygens (including phenoxy) is 1. The Bertz CT molecular complexity index is 825. The molecule has 0 fully saturated rings. The average molecular weight is 286 g/mol. The van der Waals surface area contributed by atoms with Gasteiger partial charge in [-0.2, -0.15) is 0 Å². The fourth-order valence-corrected chi connectivity index (χ4v) is 3.41. The van der Waals surface area contributed by atoms with Gasteiger partial charge in [0.05, 0.1) is 0 Å². The van der Waals surface area contributed by atoms with Gasteiger partial charge in [-0.05, 0) is 52.7 Å². The first kappa shape index (κ1) is 14.2. The SMILES string of the molecule is Cc1c(C)c2c(C)c3c(c(C)c2oc1=O)OC(C)(C)C3C. The molecule has 3 rings (SSSR count). The summed E-state index contributed by atoms with van der Waals surface area (Å²) in [5, 5.41) is 1.07. The van der Waals surface area contributed by atoms with Crippen LogP contribution >= 0.6 is 0 Å². The standard InChI is InChI=1S/C18H22O3/c1-8-9(2)17(19)20-15-11(4)16-14(10(3)13(8)15)12(5)18(6,7)21-16/h12H,1-7H3. The van der Waals surface area contributed by atoms with Gasteiger partial charge in [0.1, 0.15) is 16.9 Å². The highest BCUT2D eigenvalue weighted by Crippen LogP contribution is 2.50. The molecule has 2 heterocycles. The molecule has 112 valence electrons. The van der Waals surface area contributed by atoms with E-state index in [-0.39, 0.29) is 11.2 Å². The first-order valence-electron chi connectivity index (χ1n) is 7.43. The third-order valence-electron chi connectivity index (χ3n) is 5.21. The van der Waals surface area contributed by atoms with Gasteiger partial charge in [0.2, 0.25) is 0 Å². The van der Waals surface area contributed by atoms with Crippen molar-refractivity contribution in [1.82, 2.24) is 0 Å². The molecule has 2 aromatic rings. The molecule has 21 heavy (non-hydrogen) atoms. The predicted molar refractivity (Wildman–Crippen MR) is 84.6 cm³/mol.